The highest BCUT2D eigenvalue weighted by molar-refractivity contribution is 7.92. The minimum absolute atomic E-state index is 0.133. The first-order valence-corrected chi connectivity index (χ1v) is 10.6. The van der Waals surface area contributed by atoms with Crippen LogP contribution in [-0.4, -0.2) is 32.7 Å². The van der Waals surface area contributed by atoms with Crippen LogP contribution in [0.15, 0.2) is 24.3 Å². The van der Waals surface area contributed by atoms with Gasteiger partial charge in [-0.15, -0.1) is 0 Å². The van der Waals surface area contributed by atoms with Crippen molar-refractivity contribution in [2.45, 2.75) is 57.5 Å². The maximum atomic E-state index is 12.6. The Morgan fingerprint density at radius 3 is 2.21 bits per heavy atom. The molecule has 1 saturated carbocycles. The number of hydrogen-bond donors (Lipinski definition) is 1. The van der Waals surface area contributed by atoms with Gasteiger partial charge in [0, 0.05) is 11.1 Å². The predicted octanol–water partition coefficient (Wildman–Crippen LogP) is 3.33. The van der Waals surface area contributed by atoms with Crippen molar-refractivity contribution in [3.8, 4) is 0 Å². The zero-order valence-electron chi connectivity index (χ0n) is 14.2. The molecular weight excluding hydrogens is 348 g/mol. The number of benzene rings is 1. The van der Waals surface area contributed by atoms with Crippen molar-refractivity contribution in [3.05, 3.63) is 29.3 Å². The second-order valence-corrected chi connectivity index (χ2v) is 8.70. The molecule has 1 amide bonds. The third-order valence-corrected chi connectivity index (χ3v) is 5.86. The fourth-order valence-corrected chi connectivity index (χ4v) is 4.44. The second-order valence-electron chi connectivity index (χ2n) is 6.41. The first kappa shape index (κ1) is 19.1. The fraction of sp³-hybridized carbons (Fsp3) is 0.588. The number of nitrogens with one attached hydrogen (secondary N) is 1. The Balaban J connectivity index is 2.16. The van der Waals surface area contributed by atoms with Gasteiger partial charge in [0.1, 0.15) is 6.04 Å². The summed E-state index contributed by atoms with van der Waals surface area (Å²) in [5, 5.41) is 3.54. The van der Waals surface area contributed by atoms with Gasteiger partial charge in [-0.1, -0.05) is 37.3 Å². The molecule has 5 nitrogen and oxygen atoms in total. The summed E-state index contributed by atoms with van der Waals surface area (Å²) >= 11 is 5.87. The Hall–Kier alpha value is -1.27. The molecule has 1 atom stereocenters. The Morgan fingerprint density at radius 2 is 1.71 bits per heavy atom. The van der Waals surface area contributed by atoms with Gasteiger partial charge in [-0.25, -0.2) is 8.42 Å². The molecule has 1 fully saturated rings. The van der Waals surface area contributed by atoms with Crippen molar-refractivity contribution < 1.29 is 13.2 Å². The average Bonchev–Trinajstić information content (AvgIpc) is 2.76. The van der Waals surface area contributed by atoms with Crippen molar-refractivity contribution in [1.82, 2.24) is 5.32 Å². The van der Waals surface area contributed by atoms with Crippen LogP contribution in [0, 0.1) is 0 Å². The van der Waals surface area contributed by atoms with Gasteiger partial charge in [0.15, 0.2) is 0 Å². The van der Waals surface area contributed by atoms with Crippen molar-refractivity contribution in [3.63, 3.8) is 0 Å². The van der Waals surface area contributed by atoms with E-state index in [1.54, 1.807) is 31.2 Å². The maximum absolute atomic E-state index is 12.6. The SMILES string of the molecule is C[C@H](C(=O)NC1CCCCCC1)N(c1ccc(Cl)cc1)S(C)(=O)=O. The number of amides is 1. The number of sulfonamides is 1. The summed E-state index contributed by atoms with van der Waals surface area (Å²) in [7, 11) is -3.59. The fourth-order valence-electron chi connectivity index (χ4n) is 3.14. The number of hydrogen-bond acceptors (Lipinski definition) is 3. The molecule has 1 aliphatic rings. The van der Waals surface area contributed by atoms with Crippen molar-refractivity contribution in [1.29, 1.82) is 0 Å². The van der Waals surface area contributed by atoms with E-state index in [2.05, 4.69) is 5.32 Å². The summed E-state index contributed by atoms with van der Waals surface area (Å²) in [6.07, 6.45) is 7.62. The largest absolute Gasteiger partial charge is 0.352 e. The van der Waals surface area contributed by atoms with E-state index in [1.807, 2.05) is 0 Å². The maximum Gasteiger partial charge on any atom is 0.243 e. The van der Waals surface area contributed by atoms with Gasteiger partial charge in [0.2, 0.25) is 15.9 Å². The quantitative estimate of drug-likeness (QED) is 0.806. The van der Waals surface area contributed by atoms with Crippen LogP contribution < -0.4 is 9.62 Å². The predicted molar refractivity (Wildman–Crippen MR) is 97.9 cm³/mol. The third-order valence-electron chi connectivity index (χ3n) is 4.37. The number of halogens is 1. The molecule has 1 aliphatic carbocycles. The number of anilines is 1. The highest BCUT2D eigenvalue weighted by Crippen LogP contribution is 2.23. The van der Waals surface area contributed by atoms with E-state index < -0.39 is 16.1 Å². The first-order valence-electron chi connectivity index (χ1n) is 8.34. The number of rotatable bonds is 5. The lowest BCUT2D eigenvalue weighted by Crippen LogP contribution is -2.50. The Labute approximate surface area is 149 Å². The molecule has 2 rings (SSSR count). The van der Waals surface area contributed by atoms with Gasteiger partial charge in [0.05, 0.1) is 11.9 Å². The zero-order chi connectivity index (χ0) is 17.7. The molecule has 0 spiro atoms. The molecule has 1 aromatic rings. The van der Waals surface area contributed by atoms with Crippen molar-refractivity contribution >= 4 is 33.2 Å². The molecule has 0 bridgehead atoms. The molecule has 0 saturated heterocycles. The Morgan fingerprint density at radius 1 is 1.17 bits per heavy atom. The normalized spacial score (nSPS) is 17.8. The van der Waals surface area contributed by atoms with Crippen LogP contribution in [-0.2, 0) is 14.8 Å². The summed E-state index contributed by atoms with van der Waals surface area (Å²) in [6, 6.07) is 5.77. The van der Waals surface area contributed by atoms with Crippen LogP contribution in [0.25, 0.3) is 0 Å². The third kappa shape index (κ3) is 5.11. The summed E-state index contributed by atoms with van der Waals surface area (Å²) in [6.45, 7) is 1.61. The Bertz CT molecular complexity index is 653. The smallest absolute Gasteiger partial charge is 0.243 e. The minimum atomic E-state index is -3.59. The molecule has 1 N–H and O–H groups in total. The van der Waals surface area contributed by atoms with Gasteiger partial charge < -0.3 is 5.32 Å². The van der Waals surface area contributed by atoms with Gasteiger partial charge >= 0.3 is 0 Å². The molecule has 0 heterocycles. The lowest BCUT2D eigenvalue weighted by atomic mass is 10.1. The van der Waals surface area contributed by atoms with Gasteiger partial charge in [0.25, 0.3) is 0 Å². The molecule has 134 valence electrons. The standard InChI is InChI=1S/C17H25ClN2O3S/c1-13(17(21)19-15-7-5-3-4-6-8-15)20(24(2,22)23)16-11-9-14(18)10-12-16/h9-13,15H,3-8H2,1-2H3,(H,19,21)/t13-/m1/s1. The van der Waals surface area contributed by atoms with E-state index in [0.29, 0.717) is 10.7 Å². The van der Waals surface area contributed by atoms with Crippen LogP contribution in [0.4, 0.5) is 5.69 Å². The lowest BCUT2D eigenvalue weighted by molar-refractivity contribution is -0.122. The highest BCUT2D eigenvalue weighted by Gasteiger charge is 2.30. The molecule has 0 aliphatic heterocycles. The lowest BCUT2D eigenvalue weighted by Gasteiger charge is -2.29. The first-order chi connectivity index (χ1) is 11.3. The van der Waals surface area contributed by atoms with Crippen molar-refractivity contribution in [2.24, 2.45) is 0 Å². The molecule has 1 aromatic carbocycles. The number of carbonyl (C=O) groups excluding carboxylic acids is 1. The Kier molecular flexibility index (Phi) is 6.52. The monoisotopic (exact) mass is 372 g/mol. The highest BCUT2D eigenvalue weighted by atomic mass is 35.5. The van der Waals surface area contributed by atoms with Crippen molar-refractivity contribution in [2.75, 3.05) is 10.6 Å². The summed E-state index contributed by atoms with van der Waals surface area (Å²) < 4.78 is 25.6. The molecule has 7 heteroatoms. The van der Waals surface area contributed by atoms with Crippen LogP contribution >= 0.6 is 11.6 Å². The van der Waals surface area contributed by atoms with E-state index in [0.717, 1.165) is 36.2 Å². The van der Waals surface area contributed by atoms with E-state index in [4.69, 9.17) is 11.6 Å². The summed E-state index contributed by atoms with van der Waals surface area (Å²) in [5.74, 6) is -0.262. The number of carbonyl (C=O) groups is 1. The van der Waals surface area contributed by atoms with Crippen LogP contribution in [0.2, 0.25) is 5.02 Å². The summed E-state index contributed by atoms with van der Waals surface area (Å²) in [4.78, 5) is 12.6. The molecule has 0 unspecified atom stereocenters. The van der Waals surface area contributed by atoms with E-state index in [1.165, 1.54) is 12.8 Å². The summed E-state index contributed by atoms with van der Waals surface area (Å²) in [5.41, 5.74) is 0.436. The minimum Gasteiger partial charge on any atom is -0.352 e. The van der Waals surface area contributed by atoms with Crippen LogP contribution in [0.5, 0.6) is 0 Å². The van der Waals surface area contributed by atoms with E-state index in [9.17, 15) is 13.2 Å². The average molecular weight is 373 g/mol. The topological polar surface area (TPSA) is 66.5 Å². The zero-order valence-corrected chi connectivity index (χ0v) is 15.7. The van der Waals surface area contributed by atoms with Gasteiger partial charge in [-0.2, -0.15) is 0 Å². The molecular formula is C17H25ClN2O3S. The molecule has 0 aromatic heterocycles. The molecule has 24 heavy (non-hydrogen) atoms. The molecule has 0 radical (unpaired) electrons. The van der Waals surface area contributed by atoms with Gasteiger partial charge in [-0.3, -0.25) is 9.10 Å². The van der Waals surface area contributed by atoms with Crippen LogP contribution in [0.3, 0.4) is 0 Å². The van der Waals surface area contributed by atoms with Gasteiger partial charge in [-0.05, 0) is 44.0 Å². The number of nitrogens with zero attached hydrogens (tertiary/aromatic N) is 1. The second kappa shape index (κ2) is 8.21. The van der Waals surface area contributed by atoms with E-state index in [-0.39, 0.29) is 11.9 Å². The van der Waals surface area contributed by atoms with E-state index >= 15 is 0 Å². The van der Waals surface area contributed by atoms with Crippen LogP contribution in [0.1, 0.15) is 45.4 Å².